The summed E-state index contributed by atoms with van der Waals surface area (Å²) in [5.74, 6) is -1.24. The molecule has 3 rings (SSSR count). The molecule has 1 aliphatic heterocycles. The third-order valence-electron chi connectivity index (χ3n) is 5.03. The van der Waals surface area contributed by atoms with E-state index >= 15 is 0 Å². The molecule has 0 saturated carbocycles. The highest BCUT2D eigenvalue weighted by atomic mass is 19.1. The van der Waals surface area contributed by atoms with Crippen LogP contribution in [-0.4, -0.2) is 47.8 Å². The summed E-state index contributed by atoms with van der Waals surface area (Å²) >= 11 is 0. The summed E-state index contributed by atoms with van der Waals surface area (Å²) in [5, 5.41) is 13.4. The molecule has 1 aromatic heterocycles. The molecule has 8 heteroatoms. The van der Waals surface area contributed by atoms with E-state index in [1.54, 1.807) is 42.1 Å². The first kappa shape index (κ1) is 24.9. The first-order chi connectivity index (χ1) is 15.3. The number of rotatable bonds is 6. The summed E-state index contributed by atoms with van der Waals surface area (Å²) in [5.41, 5.74) is 1.35. The van der Waals surface area contributed by atoms with Crippen LogP contribution in [0.2, 0.25) is 0 Å². The Labute approximate surface area is 187 Å². The number of aromatic nitrogens is 1. The lowest BCUT2D eigenvalue weighted by Crippen LogP contribution is -2.41. The molecule has 2 heterocycles. The summed E-state index contributed by atoms with van der Waals surface area (Å²) in [6, 6.07) is 4.98. The van der Waals surface area contributed by atoms with E-state index in [9.17, 15) is 19.1 Å². The summed E-state index contributed by atoms with van der Waals surface area (Å²) in [4.78, 5) is 26.8. The van der Waals surface area contributed by atoms with E-state index in [0.717, 1.165) is 5.56 Å². The van der Waals surface area contributed by atoms with E-state index in [1.165, 1.54) is 12.1 Å². The van der Waals surface area contributed by atoms with Crippen LogP contribution in [0, 0.1) is 12.7 Å². The van der Waals surface area contributed by atoms with Gasteiger partial charge in [-0.1, -0.05) is 24.8 Å². The fourth-order valence-electron chi connectivity index (χ4n) is 3.35. The van der Waals surface area contributed by atoms with Crippen LogP contribution < -0.4 is 10.7 Å². The molecular formula is C24H30FN3O4. The maximum absolute atomic E-state index is 14.0. The molecule has 1 aromatic carbocycles. The Morgan fingerprint density at radius 3 is 2.59 bits per heavy atom. The minimum Gasteiger partial charge on any atom is -0.503 e. The highest BCUT2D eigenvalue weighted by Crippen LogP contribution is 2.23. The maximum Gasteiger partial charge on any atom is 0.274 e. The Morgan fingerprint density at radius 2 is 2.00 bits per heavy atom. The Kier molecular flexibility index (Phi) is 8.78. The quantitative estimate of drug-likeness (QED) is 0.671. The number of carbonyl (C=O) groups excluding carboxylic acids is 1. The SMILES string of the molecule is C=C/C(=C\NCc1ccc(C)cc1F)c1cn2c(c(O)c1=O)C(=O)N(CC)CC2.COC. The number of aryl methyl sites for hydroxylation is 1. The zero-order chi connectivity index (χ0) is 23.8. The number of allylic oxidation sites excluding steroid dienone is 2. The summed E-state index contributed by atoms with van der Waals surface area (Å²) in [6.07, 6.45) is 4.59. The van der Waals surface area contributed by atoms with Gasteiger partial charge in [0.05, 0.1) is 5.56 Å². The molecule has 2 aromatic rings. The van der Waals surface area contributed by atoms with Crippen LogP contribution in [0.1, 0.15) is 34.1 Å². The Bertz CT molecular complexity index is 1080. The monoisotopic (exact) mass is 443 g/mol. The van der Waals surface area contributed by atoms with E-state index in [1.807, 2.05) is 19.9 Å². The number of hydrogen-bond donors (Lipinski definition) is 2. The third-order valence-corrected chi connectivity index (χ3v) is 5.03. The van der Waals surface area contributed by atoms with E-state index in [-0.39, 0.29) is 29.5 Å². The number of methoxy groups -OCH3 is 1. The summed E-state index contributed by atoms with van der Waals surface area (Å²) in [6.45, 7) is 9.10. The van der Waals surface area contributed by atoms with E-state index < -0.39 is 11.2 Å². The standard InChI is InChI=1S/C22H24FN3O3.C2H6O/c1-4-15(11-24-12-16-7-6-14(3)10-18(16)23)17-13-26-9-8-25(5-2)22(29)19(26)21(28)20(17)27;1-3-2/h4,6-7,10-11,13,24,28H,1,5,8-9,12H2,2-3H3;1-2H3/b15-11+;. The fourth-order valence-corrected chi connectivity index (χ4v) is 3.35. The van der Waals surface area contributed by atoms with Gasteiger partial charge < -0.3 is 24.6 Å². The van der Waals surface area contributed by atoms with E-state index in [0.29, 0.717) is 30.8 Å². The molecule has 2 N–H and O–H groups in total. The third kappa shape index (κ3) is 5.45. The first-order valence-corrected chi connectivity index (χ1v) is 10.3. The molecular weight excluding hydrogens is 413 g/mol. The molecule has 1 amide bonds. The molecule has 0 aliphatic carbocycles. The van der Waals surface area contributed by atoms with Crippen molar-refractivity contribution in [2.45, 2.75) is 26.9 Å². The Morgan fingerprint density at radius 1 is 1.31 bits per heavy atom. The van der Waals surface area contributed by atoms with Gasteiger partial charge in [0, 0.05) is 63.9 Å². The minimum absolute atomic E-state index is 0.00458. The number of benzene rings is 1. The van der Waals surface area contributed by atoms with Crippen LogP contribution in [0.25, 0.3) is 5.57 Å². The van der Waals surface area contributed by atoms with Gasteiger partial charge in [-0.3, -0.25) is 9.59 Å². The highest BCUT2D eigenvalue weighted by Gasteiger charge is 2.28. The molecule has 0 fully saturated rings. The second kappa shape index (κ2) is 11.3. The second-order valence-corrected chi connectivity index (χ2v) is 7.34. The molecule has 0 spiro atoms. The fraction of sp³-hybridized carbons (Fsp3) is 0.333. The van der Waals surface area contributed by atoms with E-state index in [4.69, 9.17) is 0 Å². The topological polar surface area (TPSA) is 83.8 Å². The average molecular weight is 444 g/mol. The number of nitrogens with zero attached hydrogens (tertiary/aromatic N) is 2. The van der Waals surface area contributed by atoms with Crippen LogP contribution in [-0.2, 0) is 17.8 Å². The number of fused-ring (bicyclic) bond motifs is 1. The highest BCUT2D eigenvalue weighted by molar-refractivity contribution is 5.96. The second-order valence-electron chi connectivity index (χ2n) is 7.34. The number of carbonyl (C=O) groups is 1. The van der Waals surface area contributed by atoms with Crippen molar-refractivity contribution in [3.05, 3.63) is 81.7 Å². The van der Waals surface area contributed by atoms with Crippen molar-refractivity contribution in [3.8, 4) is 5.75 Å². The predicted octanol–water partition coefficient (Wildman–Crippen LogP) is 3.06. The van der Waals surface area contributed by atoms with Gasteiger partial charge in [-0.15, -0.1) is 0 Å². The Balaban J connectivity index is 0.00000114. The zero-order valence-corrected chi connectivity index (χ0v) is 18.9. The number of nitrogens with one attached hydrogen (secondary N) is 1. The van der Waals surface area contributed by atoms with Crippen LogP contribution in [0.3, 0.4) is 0 Å². The molecule has 172 valence electrons. The van der Waals surface area contributed by atoms with Crippen molar-refractivity contribution in [3.63, 3.8) is 0 Å². The van der Waals surface area contributed by atoms with Crippen LogP contribution >= 0.6 is 0 Å². The smallest absolute Gasteiger partial charge is 0.274 e. The molecule has 32 heavy (non-hydrogen) atoms. The van der Waals surface area contributed by atoms with Crippen LogP contribution in [0.15, 0.2) is 48.0 Å². The lowest BCUT2D eigenvalue weighted by Gasteiger charge is -2.29. The van der Waals surface area contributed by atoms with Crippen molar-refractivity contribution in [1.29, 1.82) is 0 Å². The van der Waals surface area contributed by atoms with Crippen molar-refractivity contribution in [2.75, 3.05) is 27.3 Å². The normalized spacial score (nSPS) is 13.2. The van der Waals surface area contributed by atoms with Crippen molar-refractivity contribution in [1.82, 2.24) is 14.8 Å². The lowest BCUT2D eigenvalue weighted by molar-refractivity contribution is 0.0707. The molecule has 0 bridgehead atoms. The summed E-state index contributed by atoms with van der Waals surface area (Å²) in [7, 11) is 3.25. The maximum atomic E-state index is 14.0. The van der Waals surface area contributed by atoms with Gasteiger partial charge >= 0.3 is 0 Å². The Hall–Kier alpha value is -3.39. The minimum atomic E-state index is -0.642. The van der Waals surface area contributed by atoms with Crippen molar-refractivity contribution in [2.24, 2.45) is 0 Å². The predicted molar refractivity (Wildman–Crippen MR) is 123 cm³/mol. The van der Waals surface area contributed by atoms with Gasteiger partial charge in [-0.05, 0) is 25.5 Å². The first-order valence-electron chi connectivity index (χ1n) is 10.3. The zero-order valence-electron chi connectivity index (χ0n) is 18.9. The molecule has 0 radical (unpaired) electrons. The number of aromatic hydroxyl groups is 1. The van der Waals surface area contributed by atoms with Crippen LogP contribution in [0.4, 0.5) is 4.39 Å². The van der Waals surface area contributed by atoms with Crippen molar-refractivity contribution < 1.29 is 19.0 Å². The number of halogens is 1. The van der Waals surface area contributed by atoms with Gasteiger partial charge in [0.1, 0.15) is 5.82 Å². The van der Waals surface area contributed by atoms with Crippen LogP contribution in [0.5, 0.6) is 5.75 Å². The van der Waals surface area contributed by atoms with Gasteiger partial charge in [-0.2, -0.15) is 0 Å². The van der Waals surface area contributed by atoms with E-state index in [2.05, 4.69) is 16.6 Å². The molecule has 1 aliphatic rings. The number of pyridine rings is 1. The molecule has 0 atom stereocenters. The summed E-state index contributed by atoms with van der Waals surface area (Å²) < 4.78 is 19.8. The lowest BCUT2D eigenvalue weighted by atomic mass is 10.1. The number of ether oxygens (including phenoxy) is 1. The van der Waals surface area contributed by atoms with Gasteiger partial charge in [0.25, 0.3) is 5.91 Å². The van der Waals surface area contributed by atoms with Gasteiger partial charge in [0.15, 0.2) is 11.4 Å². The van der Waals surface area contributed by atoms with Gasteiger partial charge in [-0.25, -0.2) is 4.39 Å². The molecule has 0 unspecified atom stereocenters. The molecule has 0 saturated heterocycles. The molecule has 7 nitrogen and oxygen atoms in total. The number of hydrogen-bond acceptors (Lipinski definition) is 5. The van der Waals surface area contributed by atoms with Gasteiger partial charge in [0.2, 0.25) is 5.43 Å². The average Bonchev–Trinajstić information content (AvgIpc) is 2.76. The largest absolute Gasteiger partial charge is 0.503 e. The van der Waals surface area contributed by atoms with Crippen molar-refractivity contribution >= 4 is 11.5 Å². The number of likely N-dealkylation sites (N-methyl/N-ethyl adjacent to an activating group) is 1. The number of amides is 1.